The molecule has 4 nitrogen and oxygen atoms in total. The highest BCUT2D eigenvalue weighted by molar-refractivity contribution is 6.29. The van der Waals surface area contributed by atoms with Gasteiger partial charge in [-0.1, -0.05) is 32.4 Å². The first kappa shape index (κ1) is 12.0. The first-order valence-corrected chi connectivity index (χ1v) is 5.82. The van der Waals surface area contributed by atoms with Gasteiger partial charge >= 0.3 is 0 Å². The lowest BCUT2D eigenvalue weighted by atomic mass is 9.93. The van der Waals surface area contributed by atoms with Crippen LogP contribution in [0.2, 0.25) is 5.15 Å². The highest BCUT2D eigenvalue weighted by atomic mass is 35.5. The monoisotopic (exact) mass is 250 g/mol. The summed E-state index contributed by atoms with van der Waals surface area (Å²) in [7, 11) is 0. The molecule has 0 unspecified atom stereocenters. The lowest BCUT2D eigenvalue weighted by Gasteiger charge is -2.13. The Morgan fingerprint density at radius 1 is 1.18 bits per heavy atom. The Kier molecular flexibility index (Phi) is 2.91. The van der Waals surface area contributed by atoms with Crippen LogP contribution < -0.4 is 0 Å². The van der Waals surface area contributed by atoms with Crippen molar-refractivity contribution in [3.63, 3.8) is 0 Å². The minimum Gasteiger partial charge on any atom is -0.202 e. The van der Waals surface area contributed by atoms with Crippen molar-refractivity contribution in [1.82, 2.24) is 20.0 Å². The fraction of sp³-hybridized carbons (Fsp3) is 0.417. The van der Waals surface area contributed by atoms with Crippen molar-refractivity contribution in [2.24, 2.45) is 0 Å². The van der Waals surface area contributed by atoms with Gasteiger partial charge in [-0.15, -0.1) is 5.10 Å². The molecule has 2 aromatic rings. The molecule has 0 atom stereocenters. The minimum atomic E-state index is -0.0347. The van der Waals surface area contributed by atoms with E-state index in [9.17, 15) is 0 Å². The van der Waals surface area contributed by atoms with Crippen LogP contribution >= 0.6 is 11.6 Å². The molecule has 0 saturated carbocycles. The Morgan fingerprint density at radius 2 is 1.88 bits per heavy atom. The largest absolute Gasteiger partial charge is 0.202 e. The van der Waals surface area contributed by atoms with Gasteiger partial charge in [0.2, 0.25) is 0 Å². The summed E-state index contributed by atoms with van der Waals surface area (Å²) in [5.41, 5.74) is 1.77. The molecular weight excluding hydrogens is 236 g/mol. The van der Waals surface area contributed by atoms with Crippen LogP contribution in [0.4, 0.5) is 0 Å². The highest BCUT2D eigenvalue weighted by Gasteiger charge is 2.20. The number of aromatic nitrogens is 4. The van der Waals surface area contributed by atoms with E-state index < -0.39 is 0 Å². The molecule has 0 saturated heterocycles. The van der Waals surface area contributed by atoms with Gasteiger partial charge in [0.05, 0.1) is 11.4 Å². The summed E-state index contributed by atoms with van der Waals surface area (Å²) in [6.45, 7) is 8.17. The van der Waals surface area contributed by atoms with Gasteiger partial charge in [0, 0.05) is 5.41 Å². The van der Waals surface area contributed by atoms with E-state index in [0.717, 1.165) is 11.4 Å². The summed E-state index contributed by atoms with van der Waals surface area (Å²) < 4.78 is 1.61. The third-order valence-corrected chi connectivity index (χ3v) is 2.70. The fourth-order valence-corrected chi connectivity index (χ4v) is 1.62. The number of hydrogen-bond acceptors (Lipinski definition) is 3. The van der Waals surface area contributed by atoms with Crippen molar-refractivity contribution in [2.75, 3.05) is 0 Å². The maximum Gasteiger partial charge on any atom is 0.177 e. The molecule has 0 aliphatic carbocycles. The number of aryl methyl sites for hydroxylation is 1. The Morgan fingerprint density at radius 3 is 2.35 bits per heavy atom. The molecule has 0 N–H and O–H groups in total. The fourth-order valence-electron chi connectivity index (χ4n) is 1.39. The molecule has 0 amide bonds. The smallest absolute Gasteiger partial charge is 0.177 e. The second-order valence-electron chi connectivity index (χ2n) is 5.05. The van der Waals surface area contributed by atoms with E-state index in [2.05, 4.69) is 36.1 Å². The quantitative estimate of drug-likeness (QED) is 0.782. The molecule has 2 heterocycles. The van der Waals surface area contributed by atoms with Crippen LogP contribution in [0.25, 0.3) is 5.82 Å². The van der Waals surface area contributed by atoms with Gasteiger partial charge in [-0.25, -0.2) is 4.68 Å². The second-order valence-corrected chi connectivity index (χ2v) is 5.43. The van der Waals surface area contributed by atoms with Gasteiger partial charge in [-0.2, -0.15) is 10.2 Å². The van der Waals surface area contributed by atoms with E-state index in [1.165, 1.54) is 0 Å². The van der Waals surface area contributed by atoms with E-state index in [4.69, 9.17) is 11.6 Å². The zero-order valence-corrected chi connectivity index (χ0v) is 11.2. The second kappa shape index (κ2) is 4.11. The Balaban J connectivity index is 2.46. The highest BCUT2D eigenvalue weighted by Crippen LogP contribution is 2.25. The lowest BCUT2D eigenvalue weighted by molar-refractivity contribution is 0.559. The summed E-state index contributed by atoms with van der Waals surface area (Å²) in [4.78, 5) is 0. The van der Waals surface area contributed by atoms with Crippen molar-refractivity contribution in [1.29, 1.82) is 0 Å². The van der Waals surface area contributed by atoms with Crippen LogP contribution in [-0.2, 0) is 5.41 Å². The average molecular weight is 251 g/mol. The number of hydrogen-bond donors (Lipinski definition) is 0. The van der Waals surface area contributed by atoms with Gasteiger partial charge in [0.1, 0.15) is 5.15 Å². The van der Waals surface area contributed by atoms with E-state index in [0.29, 0.717) is 11.0 Å². The third-order valence-electron chi connectivity index (χ3n) is 2.44. The molecule has 0 aliphatic heterocycles. The number of nitrogens with zero attached hydrogens (tertiary/aromatic N) is 4. The van der Waals surface area contributed by atoms with Crippen LogP contribution in [0.3, 0.4) is 0 Å². The minimum absolute atomic E-state index is 0.0347. The van der Waals surface area contributed by atoms with E-state index in [1.807, 2.05) is 25.1 Å². The van der Waals surface area contributed by atoms with Crippen molar-refractivity contribution in [3.05, 3.63) is 34.7 Å². The maximum atomic E-state index is 6.16. The van der Waals surface area contributed by atoms with Gasteiger partial charge in [0.15, 0.2) is 5.82 Å². The molecule has 2 aromatic heterocycles. The maximum absolute atomic E-state index is 6.16. The molecule has 0 radical (unpaired) electrons. The van der Waals surface area contributed by atoms with E-state index >= 15 is 0 Å². The standard InChI is InChI=1S/C12H15ClN4/c1-8-5-6-11(15-14-8)17-10(13)7-9(16-17)12(2,3)4/h5-7H,1-4H3. The predicted molar refractivity (Wildman–Crippen MR) is 67.6 cm³/mol. The van der Waals surface area contributed by atoms with Gasteiger partial charge < -0.3 is 0 Å². The molecule has 0 aromatic carbocycles. The first-order chi connectivity index (χ1) is 7.88. The van der Waals surface area contributed by atoms with Crippen LogP contribution in [0, 0.1) is 6.92 Å². The summed E-state index contributed by atoms with van der Waals surface area (Å²) in [6, 6.07) is 5.61. The van der Waals surface area contributed by atoms with Crippen molar-refractivity contribution >= 4 is 11.6 Å². The Labute approximate surface area is 106 Å². The van der Waals surface area contributed by atoms with Crippen LogP contribution in [0.5, 0.6) is 0 Å². The molecular formula is C12H15ClN4. The molecule has 0 aliphatic rings. The van der Waals surface area contributed by atoms with Gasteiger partial charge in [-0.3, -0.25) is 0 Å². The molecule has 90 valence electrons. The number of rotatable bonds is 1. The van der Waals surface area contributed by atoms with Gasteiger partial charge in [-0.05, 0) is 25.1 Å². The first-order valence-electron chi connectivity index (χ1n) is 5.45. The zero-order chi connectivity index (χ0) is 12.6. The van der Waals surface area contributed by atoms with Crippen LogP contribution in [0.15, 0.2) is 18.2 Å². The Hall–Kier alpha value is -1.42. The van der Waals surface area contributed by atoms with Crippen molar-refractivity contribution in [2.45, 2.75) is 33.1 Å². The van der Waals surface area contributed by atoms with Gasteiger partial charge in [0.25, 0.3) is 0 Å². The molecule has 0 fully saturated rings. The summed E-state index contributed by atoms with van der Waals surface area (Å²) in [5, 5.41) is 13.1. The topological polar surface area (TPSA) is 43.6 Å². The summed E-state index contributed by atoms with van der Waals surface area (Å²) in [5.74, 6) is 0.635. The van der Waals surface area contributed by atoms with E-state index in [-0.39, 0.29) is 5.41 Å². The SMILES string of the molecule is Cc1ccc(-n2nc(C(C)(C)C)cc2Cl)nn1. The number of halogens is 1. The van der Waals surface area contributed by atoms with Crippen LogP contribution in [-0.4, -0.2) is 20.0 Å². The van der Waals surface area contributed by atoms with E-state index in [1.54, 1.807) is 4.68 Å². The average Bonchev–Trinajstić information content (AvgIpc) is 2.61. The molecule has 5 heteroatoms. The van der Waals surface area contributed by atoms with Crippen LogP contribution in [0.1, 0.15) is 32.2 Å². The summed E-state index contributed by atoms with van der Waals surface area (Å²) in [6.07, 6.45) is 0. The normalized spacial score (nSPS) is 11.8. The molecule has 2 rings (SSSR count). The lowest BCUT2D eigenvalue weighted by Crippen LogP contribution is -2.13. The van der Waals surface area contributed by atoms with Crippen molar-refractivity contribution in [3.8, 4) is 5.82 Å². The molecule has 17 heavy (non-hydrogen) atoms. The summed E-state index contributed by atoms with van der Waals surface area (Å²) >= 11 is 6.16. The molecule has 0 spiro atoms. The Bertz CT molecular complexity index is 522. The zero-order valence-electron chi connectivity index (χ0n) is 10.4. The predicted octanol–water partition coefficient (Wildman–Crippen LogP) is 2.92. The third kappa shape index (κ3) is 2.47. The molecule has 0 bridgehead atoms. The van der Waals surface area contributed by atoms with Crippen molar-refractivity contribution < 1.29 is 0 Å².